The number of hydrogen-bond acceptors (Lipinski definition) is 1. The average molecular weight is 281 g/mol. The molecule has 1 atom stereocenters. The van der Waals surface area contributed by atoms with Gasteiger partial charge in [0, 0.05) is 11.6 Å². The molecule has 2 rings (SSSR count). The van der Waals surface area contributed by atoms with Crippen molar-refractivity contribution in [1.82, 2.24) is 5.32 Å². The number of hydrogen-bond donors (Lipinski definition) is 1. The molecule has 0 fully saturated rings. The monoisotopic (exact) mass is 281 g/mol. The molecule has 0 radical (unpaired) electrons. The highest BCUT2D eigenvalue weighted by molar-refractivity contribution is 5.94. The summed E-state index contributed by atoms with van der Waals surface area (Å²) < 4.78 is 0. The van der Waals surface area contributed by atoms with Crippen LogP contribution in [-0.4, -0.2) is 11.9 Å². The second-order valence-electron chi connectivity index (χ2n) is 5.41. The smallest absolute Gasteiger partial charge is 0.251 e. The molecule has 0 bridgehead atoms. The molecule has 2 heteroatoms. The van der Waals surface area contributed by atoms with Crippen LogP contribution >= 0.6 is 0 Å². The highest BCUT2D eigenvalue weighted by Crippen LogP contribution is 2.21. The summed E-state index contributed by atoms with van der Waals surface area (Å²) in [5.74, 6) is -0.00166. The minimum absolute atomic E-state index is 0.00166. The molecule has 0 aliphatic heterocycles. The summed E-state index contributed by atoms with van der Waals surface area (Å²) in [5.41, 5.74) is 4.38. The summed E-state index contributed by atoms with van der Waals surface area (Å²) in [5, 5.41) is 2.98. The molecule has 0 aliphatic carbocycles. The fourth-order valence-corrected chi connectivity index (χ4v) is 2.19. The maximum Gasteiger partial charge on any atom is 0.251 e. The van der Waals surface area contributed by atoms with E-state index < -0.39 is 0 Å². The molecule has 1 amide bonds. The van der Waals surface area contributed by atoms with Crippen molar-refractivity contribution in [2.45, 2.75) is 39.7 Å². The number of rotatable bonds is 5. The van der Waals surface area contributed by atoms with Gasteiger partial charge >= 0.3 is 0 Å². The van der Waals surface area contributed by atoms with Crippen LogP contribution in [0.2, 0.25) is 0 Å². The van der Waals surface area contributed by atoms with Crippen LogP contribution in [0.3, 0.4) is 0 Å². The fraction of sp³-hybridized carbons (Fsp3) is 0.316. The number of carbonyl (C=O) groups is 1. The van der Waals surface area contributed by atoms with E-state index in [-0.39, 0.29) is 11.9 Å². The molecule has 0 aliphatic rings. The molecule has 0 aromatic heterocycles. The van der Waals surface area contributed by atoms with E-state index in [1.165, 1.54) is 11.1 Å². The lowest BCUT2D eigenvalue weighted by molar-refractivity contribution is 0.0939. The third-order valence-electron chi connectivity index (χ3n) is 3.81. The number of benzene rings is 2. The van der Waals surface area contributed by atoms with E-state index in [2.05, 4.69) is 43.4 Å². The van der Waals surface area contributed by atoms with E-state index in [4.69, 9.17) is 0 Å². The lowest BCUT2D eigenvalue weighted by Crippen LogP contribution is -2.31. The zero-order valence-corrected chi connectivity index (χ0v) is 13.0. The van der Waals surface area contributed by atoms with E-state index in [0.717, 1.165) is 18.4 Å². The number of nitrogens with one attached hydrogen (secondary N) is 1. The van der Waals surface area contributed by atoms with Gasteiger partial charge < -0.3 is 5.32 Å². The van der Waals surface area contributed by atoms with Crippen molar-refractivity contribution in [3.8, 4) is 11.1 Å². The van der Waals surface area contributed by atoms with Crippen LogP contribution < -0.4 is 5.32 Å². The van der Waals surface area contributed by atoms with Gasteiger partial charge in [0.15, 0.2) is 0 Å². The molecule has 0 saturated heterocycles. The van der Waals surface area contributed by atoms with Gasteiger partial charge in [0.1, 0.15) is 0 Å². The van der Waals surface area contributed by atoms with Crippen LogP contribution in [0.1, 0.15) is 43.1 Å². The van der Waals surface area contributed by atoms with Gasteiger partial charge in [-0.3, -0.25) is 4.79 Å². The van der Waals surface area contributed by atoms with Crippen molar-refractivity contribution in [2.75, 3.05) is 0 Å². The van der Waals surface area contributed by atoms with Crippen LogP contribution in [0.4, 0.5) is 0 Å². The quantitative estimate of drug-likeness (QED) is 0.862. The average Bonchev–Trinajstić information content (AvgIpc) is 2.54. The van der Waals surface area contributed by atoms with E-state index in [0.29, 0.717) is 5.56 Å². The maximum atomic E-state index is 12.1. The van der Waals surface area contributed by atoms with Crippen LogP contribution in [0, 0.1) is 0 Å². The van der Waals surface area contributed by atoms with Gasteiger partial charge in [-0.25, -0.2) is 0 Å². The molecule has 2 nitrogen and oxygen atoms in total. The first-order valence-electron chi connectivity index (χ1n) is 7.64. The zero-order valence-electron chi connectivity index (χ0n) is 13.0. The van der Waals surface area contributed by atoms with Crippen molar-refractivity contribution in [2.24, 2.45) is 0 Å². The van der Waals surface area contributed by atoms with Gasteiger partial charge in [-0.1, -0.05) is 50.2 Å². The molecule has 0 heterocycles. The van der Waals surface area contributed by atoms with E-state index in [1.807, 2.05) is 31.2 Å². The first-order valence-corrected chi connectivity index (χ1v) is 7.64. The number of aryl methyl sites for hydroxylation is 1. The summed E-state index contributed by atoms with van der Waals surface area (Å²) in [6.07, 6.45) is 1.97. The van der Waals surface area contributed by atoms with E-state index >= 15 is 0 Å². The Morgan fingerprint density at radius 2 is 1.76 bits per heavy atom. The fourth-order valence-electron chi connectivity index (χ4n) is 2.19. The van der Waals surface area contributed by atoms with Gasteiger partial charge in [-0.2, -0.15) is 0 Å². The molecule has 110 valence electrons. The topological polar surface area (TPSA) is 29.1 Å². The molecule has 0 saturated carbocycles. The molecular weight excluding hydrogens is 258 g/mol. The van der Waals surface area contributed by atoms with Crippen LogP contribution in [0.25, 0.3) is 11.1 Å². The first kappa shape index (κ1) is 15.3. The molecule has 0 unspecified atom stereocenters. The molecular formula is C19H23NO. The van der Waals surface area contributed by atoms with Crippen molar-refractivity contribution in [3.05, 3.63) is 59.7 Å². The summed E-state index contributed by atoms with van der Waals surface area (Å²) >= 11 is 0. The third-order valence-corrected chi connectivity index (χ3v) is 3.81. The standard InChI is InChI=1S/C19H23NO/c1-4-14(3)20-19(21)17-11-9-16(10-12-17)18-8-6-7-15(5-2)13-18/h6-14H,4-5H2,1-3H3,(H,20,21)/t14-/m1/s1. The normalized spacial score (nSPS) is 12.0. The van der Waals surface area contributed by atoms with Crippen molar-refractivity contribution < 1.29 is 4.79 Å². The lowest BCUT2D eigenvalue weighted by atomic mass is 10.0. The Kier molecular flexibility index (Phi) is 5.15. The minimum Gasteiger partial charge on any atom is -0.350 e. The van der Waals surface area contributed by atoms with Crippen molar-refractivity contribution in [1.29, 1.82) is 0 Å². The van der Waals surface area contributed by atoms with E-state index in [9.17, 15) is 4.79 Å². The zero-order chi connectivity index (χ0) is 15.2. The third kappa shape index (κ3) is 3.94. The van der Waals surface area contributed by atoms with Crippen LogP contribution in [0.15, 0.2) is 48.5 Å². The molecule has 2 aromatic rings. The molecule has 1 N–H and O–H groups in total. The van der Waals surface area contributed by atoms with Crippen LogP contribution in [0.5, 0.6) is 0 Å². The first-order chi connectivity index (χ1) is 10.1. The highest BCUT2D eigenvalue weighted by atomic mass is 16.1. The predicted octanol–water partition coefficient (Wildman–Crippen LogP) is 4.44. The Morgan fingerprint density at radius 3 is 2.38 bits per heavy atom. The Balaban J connectivity index is 2.16. The van der Waals surface area contributed by atoms with Crippen molar-refractivity contribution in [3.63, 3.8) is 0 Å². The Morgan fingerprint density at radius 1 is 1.05 bits per heavy atom. The van der Waals surface area contributed by atoms with Crippen molar-refractivity contribution >= 4 is 5.91 Å². The largest absolute Gasteiger partial charge is 0.350 e. The summed E-state index contributed by atoms with van der Waals surface area (Å²) in [6.45, 7) is 6.23. The van der Waals surface area contributed by atoms with Gasteiger partial charge in [0.2, 0.25) is 0 Å². The summed E-state index contributed by atoms with van der Waals surface area (Å²) in [7, 11) is 0. The van der Waals surface area contributed by atoms with Crippen LogP contribution in [-0.2, 0) is 6.42 Å². The van der Waals surface area contributed by atoms with Gasteiger partial charge in [0.25, 0.3) is 5.91 Å². The molecule has 0 spiro atoms. The maximum absolute atomic E-state index is 12.1. The number of carbonyl (C=O) groups excluding carboxylic acids is 1. The lowest BCUT2D eigenvalue weighted by Gasteiger charge is -2.11. The summed E-state index contributed by atoms with van der Waals surface area (Å²) in [4.78, 5) is 12.1. The second-order valence-corrected chi connectivity index (χ2v) is 5.41. The summed E-state index contributed by atoms with van der Waals surface area (Å²) in [6, 6.07) is 16.5. The van der Waals surface area contributed by atoms with Gasteiger partial charge in [0.05, 0.1) is 0 Å². The van der Waals surface area contributed by atoms with E-state index in [1.54, 1.807) is 0 Å². The Bertz CT molecular complexity index is 601. The number of amides is 1. The second kappa shape index (κ2) is 7.07. The SMILES string of the molecule is CCc1cccc(-c2ccc(C(=O)N[C@H](C)CC)cc2)c1. The Labute approximate surface area is 127 Å². The molecule has 2 aromatic carbocycles. The Hall–Kier alpha value is -2.09. The molecule has 21 heavy (non-hydrogen) atoms. The predicted molar refractivity (Wildman–Crippen MR) is 88.5 cm³/mol. The minimum atomic E-state index is -0.00166. The van der Waals surface area contributed by atoms with Gasteiger partial charge in [-0.15, -0.1) is 0 Å². The highest BCUT2D eigenvalue weighted by Gasteiger charge is 2.08. The van der Waals surface area contributed by atoms with Gasteiger partial charge in [-0.05, 0) is 48.6 Å².